The highest BCUT2D eigenvalue weighted by atomic mass is 16.6. The minimum atomic E-state index is -0.439. The van der Waals surface area contributed by atoms with Gasteiger partial charge in [-0.05, 0) is 24.5 Å². The van der Waals surface area contributed by atoms with E-state index in [1.807, 2.05) is 13.0 Å². The van der Waals surface area contributed by atoms with Gasteiger partial charge in [-0.15, -0.1) is 0 Å². The second-order valence-electron chi connectivity index (χ2n) is 4.43. The fourth-order valence-corrected chi connectivity index (χ4v) is 2.09. The van der Waals surface area contributed by atoms with Crippen LogP contribution in [0.3, 0.4) is 0 Å². The molecule has 2 rings (SSSR count). The average Bonchev–Trinajstić information content (AvgIpc) is 2.75. The van der Waals surface area contributed by atoms with Crippen LogP contribution in [0.15, 0.2) is 18.2 Å². The van der Waals surface area contributed by atoms with Gasteiger partial charge < -0.3 is 4.74 Å². The van der Waals surface area contributed by atoms with E-state index >= 15 is 0 Å². The van der Waals surface area contributed by atoms with Gasteiger partial charge in [-0.3, -0.25) is 14.9 Å². The zero-order valence-electron chi connectivity index (χ0n) is 10.2. The number of nitro groups is 1. The molecule has 1 aromatic rings. The topological polar surface area (TPSA) is 69.4 Å². The molecule has 1 aliphatic rings. The Morgan fingerprint density at radius 2 is 2.28 bits per heavy atom. The number of nitro benzene ring substituents is 1. The maximum atomic E-state index is 11.1. The Hall–Kier alpha value is -1.91. The zero-order chi connectivity index (χ0) is 13.1. The Morgan fingerprint density at radius 3 is 2.83 bits per heavy atom. The predicted octanol–water partition coefficient (Wildman–Crippen LogP) is 2.66. The molecule has 18 heavy (non-hydrogen) atoms. The molecule has 0 spiro atoms. The highest BCUT2D eigenvalue weighted by Gasteiger charge is 2.26. The largest absolute Gasteiger partial charge is 0.483 e. The fourth-order valence-electron chi connectivity index (χ4n) is 2.09. The molecule has 0 N–H and O–H groups in total. The van der Waals surface area contributed by atoms with Crippen LogP contribution in [0.5, 0.6) is 5.75 Å². The van der Waals surface area contributed by atoms with E-state index in [-0.39, 0.29) is 23.3 Å². The van der Waals surface area contributed by atoms with Crippen LogP contribution >= 0.6 is 0 Å². The van der Waals surface area contributed by atoms with E-state index in [2.05, 4.69) is 0 Å². The van der Waals surface area contributed by atoms with E-state index in [0.29, 0.717) is 19.3 Å². The first-order valence-corrected chi connectivity index (χ1v) is 6.06. The number of nitrogens with zero attached hydrogens (tertiary/aromatic N) is 1. The summed E-state index contributed by atoms with van der Waals surface area (Å²) in [6, 6.07) is 4.98. The van der Waals surface area contributed by atoms with Crippen LogP contribution in [-0.4, -0.2) is 16.8 Å². The van der Waals surface area contributed by atoms with Gasteiger partial charge in [0.1, 0.15) is 11.9 Å². The van der Waals surface area contributed by atoms with Crippen LogP contribution in [0.4, 0.5) is 5.69 Å². The molecule has 96 valence electrons. The normalized spacial score (nSPS) is 18.9. The lowest BCUT2D eigenvalue weighted by atomic mass is 10.1. The molecule has 5 nitrogen and oxygen atoms in total. The lowest BCUT2D eigenvalue weighted by molar-refractivity contribution is -0.386. The molecule has 1 aliphatic carbocycles. The van der Waals surface area contributed by atoms with Gasteiger partial charge >= 0.3 is 5.69 Å². The number of benzene rings is 1. The highest BCUT2D eigenvalue weighted by molar-refractivity contribution is 5.81. The van der Waals surface area contributed by atoms with Crippen molar-refractivity contribution >= 4 is 11.5 Å². The molecule has 1 aromatic carbocycles. The lowest BCUT2D eigenvalue weighted by Gasteiger charge is -2.12. The quantitative estimate of drug-likeness (QED) is 0.607. The van der Waals surface area contributed by atoms with Crippen LogP contribution in [0.2, 0.25) is 0 Å². The van der Waals surface area contributed by atoms with Crippen LogP contribution in [0.1, 0.15) is 31.7 Å². The van der Waals surface area contributed by atoms with Gasteiger partial charge in [0.05, 0.1) is 4.92 Å². The first-order chi connectivity index (χ1) is 8.60. The SMILES string of the molecule is CCc1ccc(OC2CCC(=O)C2)c([N+](=O)[O-])c1. The summed E-state index contributed by atoms with van der Waals surface area (Å²) in [5, 5.41) is 11.0. The van der Waals surface area contributed by atoms with Gasteiger partial charge in [-0.2, -0.15) is 0 Å². The van der Waals surface area contributed by atoms with E-state index in [4.69, 9.17) is 4.74 Å². The monoisotopic (exact) mass is 249 g/mol. The van der Waals surface area contributed by atoms with Gasteiger partial charge in [0.15, 0.2) is 5.75 Å². The summed E-state index contributed by atoms with van der Waals surface area (Å²) in [4.78, 5) is 21.7. The number of carbonyl (C=O) groups excluding carboxylic acids is 1. The van der Waals surface area contributed by atoms with E-state index < -0.39 is 4.92 Å². The first-order valence-electron chi connectivity index (χ1n) is 6.06. The van der Waals surface area contributed by atoms with Crippen LogP contribution in [0, 0.1) is 10.1 Å². The number of Topliss-reactive ketones (excluding diaryl/α,β-unsaturated/α-hetero) is 1. The molecular formula is C13H15NO4. The Bertz CT molecular complexity index is 484. The third-order valence-electron chi connectivity index (χ3n) is 3.12. The third kappa shape index (κ3) is 2.67. The summed E-state index contributed by atoms with van der Waals surface area (Å²) in [5.41, 5.74) is 0.880. The molecule has 1 atom stereocenters. The molecule has 0 saturated heterocycles. The first kappa shape index (κ1) is 12.5. The molecule has 1 saturated carbocycles. The molecule has 0 heterocycles. The average molecular weight is 249 g/mol. The molecule has 0 radical (unpaired) electrons. The standard InChI is InChI=1S/C13H15NO4/c1-2-9-3-6-13(12(7-9)14(16)17)18-11-5-4-10(15)8-11/h3,6-7,11H,2,4-5,8H2,1H3. The van der Waals surface area contributed by atoms with Crippen LogP contribution < -0.4 is 4.74 Å². The van der Waals surface area contributed by atoms with E-state index in [1.165, 1.54) is 6.07 Å². The Balaban J connectivity index is 2.21. The minimum Gasteiger partial charge on any atom is -0.483 e. The zero-order valence-corrected chi connectivity index (χ0v) is 10.2. The summed E-state index contributed by atoms with van der Waals surface area (Å²) in [6.07, 6.45) is 2.02. The van der Waals surface area contributed by atoms with E-state index in [1.54, 1.807) is 6.07 Å². The lowest BCUT2D eigenvalue weighted by Crippen LogP contribution is -2.13. The third-order valence-corrected chi connectivity index (χ3v) is 3.12. The summed E-state index contributed by atoms with van der Waals surface area (Å²) in [7, 11) is 0. The van der Waals surface area contributed by atoms with Gasteiger partial charge in [0.2, 0.25) is 0 Å². The number of rotatable bonds is 4. The summed E-state index contributed by atoms with van der Waals surface area (Å²) in [6.45, 7) is 1.94. The fraction of sp³-hybridized carbons (Fsp3) is 0.462. The summed E-state index contributed by atoms with van der Waals surface area (Å²) >= 11 is 0. The highest BCUT2D eigenvalue weighted by Crippen LogP contribution is 2.31. The maximum Gasteiger partial charge on any atom is 0.311 e. The molecule has 1 unspecified atom stereocenters. The van der Waals surface area contributed by atoms with Crippen molar-refractivity contribution in [1.82, 2.24) is 0 Å². The van der Waals surface area contributed by atoms with Gasteiger partial charge in [0.25, 0.3) is 0 Å². The molecule has 0 amide bonds. The number of hydrogen-bond donors (Lipinski definition) is 0. The van der Waals surface area contributed by atoms with Crippen molar-refractivity contribution in [3.05, 3.63) is 33.9 Å². The van der Waals surface area contributed by atoms with Crippen molar-refractivity contribution in [2.24, 2.45) is 0 Å². The molecular weight excluding hydrogens is 234 g/mol. The van der Waals surface area contributed by atoms with Crippen molar-refractivity contribution in [2.45, 2.75) is 38.7 Å². The molecule has 0 aliphatic heterocycles. The number of hydrogen-bond acceptors (Lipinski definition) is 4. The number of carbonyl (C=O) groups is 1. The van der Waals surface area contributed by atoms with Crippen molar-refractivity contribution in [3.63, 3.8) is 0 Å². The van der Waals surface area contributed by atoms with E-state index in [0.717, 1.165) is 12.0 Å². The Kier molecular flexibility index (Phi) is 3.60. The second-order valence-corrected chi connectivity index (χ2v) is 4.43. The van der Waals surface area contributed by atoms with Crippen molar-refractivity contribution < 1.29 is 14.5 Å². The number of ether oxygens (including phenoxy) is 1. The summed E-state index contributed by atoms with van der Waals surface area (Å²) < 4.78 is 5.58. The van der Waals surface area contributed by atoms with Gasteiger partial charge in [0, 0.05) is 18.9 Å². The maximum absolute atomic E-state index is 11.1. The molecule has 0 aromatic heterocycles. The van der Waals surface area contributed by atoms with Crippen LogP contribution in [-0.2, 0) is 11.2 Å². The Labute approximate surface area is 105 Å². The predicted molar refractivity (Wildman–Crippen MR) is 65.7 cm³/mol. The summed E-state index contributed by atoms with van der Waals surface area (Å²) in [5.74, 6) is 0.421. The molecule has 0 bridgehead atoms. The van der Waals surface area contributed by atoms with Crippen molar-refractivity contribution in [1.29, 1.82) is 0 Å². The number of ketones is 1. The van der Waals surface area contributed by atoms with E-state index in [9.17, 15) is 14.9 Å². The van der Waals surface area contributed by atoms with Crippen molar-refractivity contribution in [2.75, 3.05) is 0 Å². The number of aryl methyl sites for hydroxylation is 1. The molecule has 5 heteroatoms. The molecule has 1 fully saturated rings. The van der Waals surface area contributed by atoms with Crippen molar-refractivity contribution in [3.8, 4) is 5.75 Å². The van der Waals surface area contributed by atoms with Gasteiger partial charge in [-0.25, -0.2) is 0 Å². The smallest absolute Gasteiger partial charge is 0.311 e. The van der Waals surface area contributed by atoms with Crippen LogP contribution in [0.25, 0.3) is 0 Å². The van der Waals surface area contributed by atoms with Gasteiger partial charge in [-0.1, -0.05) is 13.0 Å². The second kappa shape index (κ2) is 5.16. The Morgan fingerprint density at radius 1 is 1.50 bits per heavy atom. The minimum absolute atomic E-state index is 0.0197.